The highest BCUT2D eigenvalue weighted by molar-refractivity contribution is 7.08. The van der Waals surface area contributed by atoms with Crippen molar-refractivity contribution in [2.75, 3.05) is 0 Å². The highest BCUT2D eigenvalue weighted by Gasteiger charge is 2.42. The van der Waals surface area contributed by atoms with Gasteiger partial charge in [0, 0.05) is 17.0 Å². The number of nitrogens with two attached hydrogens (primary N) is 1. The van der Waals surface area contributed by atoms with Crippen molar-refractivity contribution >= 4 is 11.3 Å². The molecule has 1 aliphatic carbocycles. The van der Waals surface area contributed by atoms with Gasteiger partial charge in [-0.3, -0.25) is 0 Å². The summed E-state index contributed by atoms with van der Waals surface area (Å²) < 4.78 is 5.41. The lowest BCUT2D eigenvalue weighted by atomic mass is 9.85. The smallest absolute Gasteiger partial charge is 0.234 e. The average Bonchev–Trinajstić information content (AvgIpc) is 3.01. The van der Waals surface area contributed by atoms with Gasteiger partial charge in [0.1, 0.15) is 0 Å². The standard InChI is InChI=1S/C12H15N3OS/c1-12(5-2-3-9(12)13)11-14-10(15-16-11)8-4-6-17-7-8/h4,6-7,9H,2-3,5,13H2,1H3. The van der Waals surface area contributed by atoms with Crippen LogP contribution >= 0.6 is 11.3 Å². The molecule has 4 nitrogen and oxygen atoms in total. The van der Waals surface area contributed by atoms with E-state index < -0.39 is 0 Å². The predicted molar refractivity (Wildman–Crippen MR) is 66.8 cm³/mol. The minimum absolute atomic E-state index is 0.123. The number of hydrogen-bond acceptors (Lipinski definition) is 5. The van der Waals surface area contributed by atoms with Gasteiger partial charge in [0.25, 0.3) is 0 Å². The second-order valence-electron chi connectivity index (χ2n) is 4.85. The fraction of sp³-hybridized carbons (Fsp3) is 0.500. The Kier molecular flexibility index (Phi) is 2.52. The van der Waals surface area contributed by atoms with Crippen molar-refractivity contribution in [2.24, 2.45) is 5.73 Å². The van der Waals surface area contributed by atoms with E-state index in [1.165, 1.54) is 0 Å². The van der Waals surface area contributed by atoms with E-state index in [-0.39, 0.29) is 11.5 Å². The van der Waals surface area contributed by atoms with Gasteiger partial charge < -0.3 is 10.3 Å². The molecule has 90 valence electrons. The number of aromatic nitrogens is 2. The Morgan fingerprint density at radius 1 is 1.59 bits per heavy atom. The van der Waals surface area contributed by atoms with Crippen LogP contribution in [0.25, 0.3) is 11.4 Å². The number of hydrogen-bond donors (Lipinski definition) is 1. The first-order chi connectivity index (χ1) is 8.20. The largest absolute Gasteiger partial charge is 0.338 e. The van der Waals surface area contributed by atoms with Gasteiger partial charge in [-0.2, -0.15) is 16.3 Å². The Morgan fingerprint density at radius 2 is 2.47 bits per heavy atom. The van der Waals surface area contributed by atoms with Crippen LogP contribution in [-0.4, -0.2) is 16.2 Å². The Balaban J connectivity index is 1.95. The van der Waals surface area contributed by atoms with Gasteiger partial charge in [0.2, 0.25) is 11.7 Å². The van der Waals surface area contributed by atoms with E-state index in [2.05, 4.69) is 17.1 Å². The van der Waals surface area contributed by atoms with E-state index in [0.717, 1.165) is 24.8 Å². The second kappa shape index (κ2) is 3.92. The van der Waals surface area contributed by atoms with Gasteiger partial charge in [0.05, 0.1) is 5.41 Å². The zero-order valence-electron chi connectivity index (χ0n) is 9.72. The molecule has 2 atom stereocenters. The minimum atomic E-state index is -0.152. The second-order valence-corrected chi connectivity index (χ2v) is 5.63. The molecule has 2 N–H and O–H groups in total. The molecule has 0 spiro atoms. The maximum Gasteiger partial charge on any atom is 0.234 e. The van der Waals surface area contributed by atoms with Crippen molar-refractivity contribution in [1.82, 2.24) is 10.1 Å². The molecule has 1 saturated carbocycles. The molecule has 2 aromatic rings. The molecule has 0 bridgehead atoms. The number of rotatable bonds is 2. The molecule has 5 heteroatoms. The summed E-state index contributed by atoms with van der Waals surface area (Å²) >= 11 is 1.63. The fourth-order valence-corrected chi connectivity index (χ4v) is 3.06. The zero-order valence-corrected chi connectivity index (χ0v) is 10.5. The van der Waals surface area contributed by atoms with E-state index in [0.29, 0.717) is 11.7 Å². The molecule has 17 heavy (non-hydrogen) atoms. The molecule has 0 saturated heterocycles. The lowest BCUT2D eigenvalue weighted by Crippen LogP contribution is -2.38. The molecule has 2 heterocycles. The summed E-state index contributed by atoms with van der Waals surface area (Å²) in [7, 11) is 0. The van der Waals surface area contributed by atoms with Crippen molar-refractivity contribution in [3.8, 4) is 11.4 Å². The van der Waals surface area contributed by atoms with E-state index in [1.807, 2.05) is 16.8 Å². The van der Waals surface area contributed by atoms with E-state index in [9.17, 15) is 0 Å². The van der Waals surface area contributed by atoms with Crippen LogP contribution in [0.1, 0.15) is 32.1 Å². The van der Waals surface area contributed by atoms with Gasteiger partial charge in [-0.1, -0.05) is 11.6 Å². The van der Waals surface area contributed by atoms with Crippen molar-refractivity contribution in [3.63, 3.8) is 0 Å². The molecular formula is C12H15N3OS. The Hall–Kier alpha value is -1.20. The maximum absolute atomic E-state index is 6.15. The molecular weight excluding hydrogens is 234 g/mol. The summed E-state index contributed by atoms with van der Waals surface area (Å²) in [4.78, 5) is 4.51. The lowest BCUT2D eigenvalue weighted by Gasteiger charge is -2.23. The molecule has 0 radical (unpaired) electrons. The first-order valence-electron chi connectivity index (χ1n) is 5.82. The molecule has 3 rings (SSSR count). The Bertz CT molecular complexity index is 508. The topological polar surface area (TPSA) is 64.9 Å². The third-order valence-electron chi connectivity index (χ3n) is 3.72. The van der Waals surface area contributed by atoms with Crippen LogP contribution in [0.5, 0.6) is 0 Å². The van der Waals surface area contributed by atoms with Gasteiger partial charge in [-0.25, -0.2) is 0 Å². The molecule has 0 aromatic carbocycles. The minimum Gasteiger partial charge on any atom is -0.338 e. The SMILES string of the molecule is CC1(c2nc(-c3ccsc3)no2)CCCC1N. The van der Waals surface area contributed by atoms with Crippen LogP contribution in [0, 0.1) is 0 Å². The van der Waals surface area contributed by atoms with Gasteiger partial charge in [-0.05, 0) is 31.2 Å². The van der Waals surface area contributed by atoms with Crippen LogP contribution < -0.4 is 5.73 Å². The van der Waals surface area contributed by atoms with Crippen molar-refractivity contribution in [2.45, 2.75) is 37.6 Å². The Labute approximate surface area is 104 Å². The molecule has 2 unspecified atom stereocenters. The third-order valence-corrected chi connectivity index (χ3v) is 4.41. The quantitative estimate of drug-likeness (QED) is 0.888. The number of nitrogens with zero attached hydrogens (tertiary/aromatic N) is 2. The molecule has 0 amide bonds. The van der Waals surface area contributed by atoms with E-state index in [1.54, 1.807) is 11.3 Å². The van der Waals surface area contributed by atoms with Crippen LogP contribution in [0.4, 0.5) is 0 Å². The number of thiophene rings is 1. The highest BCUT2D eigenvalue weighted by atomic mass is 32.1. The predicted octanol–water partition coefficient (Wildman–Crippen LogP) is 2.57. The summed E-state index contributed by atoms with van der Waals surface area (Å²) in [5.74, 6) is 1.35. The van der Waals surface area contributed by atoms with E-state index >= 15 is 0 Å². The van der Waals surface area contributed by atoms with Crippen molar-refractivity contribution < 1.29 is 4.52 Å². The lowest BCUT2D eigenvalue weighted by molar-refractivity contribution is 0.278. The van der Waals surface area contributed by atoms with E-state index in [4.69, 9.17) is 10.3 Å². The zero-order chi connectivity index (χ0) is 11.9. The van der Waals surface area contributed by atoms with Crippen LogP contribution in [0.15, 0.2) is 21.3 Å². The Morgan fingerprint density at radius 3 is 3.12 bits per heavy atom. The molecule has 1 fully saturated rings. The third kappa shape index (κ3) is 1.70. The summed E-state index contributed by atoms with van der Waals surface area (Å²) in [6.45, 7) is 2.12. The molecule has 1 aliphatic rings. The van der Waals surface area contributed by atoms with Gasteiger partial charge in [-0.15, -0.1) is 0 Å². The molecule has 0 aliphatic heterocycles. The average molecular weight is 249 g/mol. The van der Waals surface area contributed by atoms with Crippen LogP contribution in [0.3, 0.4) is 0 Å². The fourth-order valence-electron chi connectivity index (χ4n) is 2.42. The van der Waals surface area contributed by atoms with Gasteiger partial charge in [0.15, 0.2) is 0 Å². The first kappa shape index (κ1) is 10.9. The van der Waals surface area contributed by atoms with Crippen molar-refractivity contribution in [3.05, 3.63) is 22.7 Å². The van der Waals surface area contributed by atoms with Crippen LogP contribution in [-0.2, 0) is 5.41 Å². The normalized spacial score (nSPS) is 28.7. The summed E-state index contributed by atoms with van der Waals surface area (Å²) in [5, 5.41) is 8.08. The van der Waals surface area contributed by atoms with Crippen molar-refractivity contribution in [1.29, 1.82) is 0 Å². The highest BCUT2D eigenvalue weighted by Crippen LogP contribution is 2.39. The van der Waals surface area contributed by atoms with Crippen LogP contribution in [0.2, 0.25) is 0 Å². The summed E-state index contributed by atoms with van der Waals surface area (Å²) in [5.41, 5.74) is 7.01. The summed E-state index contributed by atoms with van der Waals surface area (Å²) in [6.07, 6.45) is 3.19. The maximum atomic E-state index is 6.15. The first-order valence-corrected chi connectivity index (χ1v) is 6.77. The van der Waals surface area contributed by atoms with Gasteiger partial charge >= 0.3 is 0 Å². The monoisotopic (exact) mass is 249 g/mol. The summed E-state index contributed by atoms with van der Waals surface area (Å²) in [6, 6.07) is 2.12. The molecule has 2 aromatic heterocycles.